The largest absolute Gasteiger partial charge is 1.00 e. The van der Waals surface area contributed by atoms with Crippen molar-refractivity contribution in [2.24, 2.45) is 5.92 Å². The van der Waals surface area contributed by atoms with E-state index in [2.05, 4.69) is 38.2 Å². The summed E-state index contributed by atoms with van der Waals surface area (Å²) in [6, 6.07) is 0. The van der Waals surface area contributed by atoms with Crippen LogP contribution in [0.25, 0.3) is 0 Å². The van der Waals surface area contributed by atoms with Crippen LogP contribution in [-0.2, 0) is 17.1 Å². The molecule has 0 nitrogen and oxygen atoms in total. The molecule has 0 radical (unpaired) electrons. The molecule has 0 fully saturated rings. The zero-order valence-electron chi connectivity index (χ0n) is 8.46. The number of hydrogen-bond donors (Lipinski definition) is 0. The Morgan fingerprint density at radius 1 is 1.08 bits per heavy atom. The van der Waals surface area contributed by atoms with Crippen molar-refractivity contribution in [3.8, 4) is 0 Å². The molecule has 0 N–H and O–H groups in total. The van der Waals surface area contributed by atoms with Crippen molar-refractivity contribution in [2.45, 2.75) is 20.3 Å². The molecule has 0 aliphatic heterocycles. The van der Waals surface area contributed by atoms with Crippen LogP contribution in [0.2, 0.25) is 0 Å². The molecule has 0 bridgehead atoms. The van der Waals surface area contributed by atoms with Gasteiger partial charge in [0.1, 0.15) is 0 Å². The van der Waals surface area contributed by atoms with Crippen molar-refractivity contribution in [1.82, 2.24) is 0 Å². The maximum Gasteiger partial charge on any atom is 1.00 e. The molecule has 0 amide bonds. The van der Waals surface area contributed by atoms with Gasteiger partial charge >= 0.3 is 17.1 Å². The first-order chi connectivity index (χ1) is 5.86. The molecule has 0 aromatic heterocycles. The summed E-state index contributed by atoms with van der Waals surface area (Å²) in [5.41, 5.74) is 0. The number of hydrogen-bond acceptors (Lipinski definition) is 0. The first-order valence-electron chi connectivity index (χ1n) is 4.94. The van der Waals surface area contributed by atoms with E-state index in [0.29, 0.717) is 7.92 Å². The van der Waals surface area contributed by atoms with Crippen LogP contribution >= 0.6 is 7.92 Å². The third kappa shape index (κ3) is 5.01. The van der Waals surface area contributed by atoms with Crippen molar-refractivity contribution < 1.29 is 17.1 Å². The molecular formula is C11H19CuP+. The molecule has 0 saturated carbocycles. The van der Waals surface area contributed by atoms with Crippen LogP contribution in [0.1, 0.15) is 20.3 Å². The average molecular weight is 246 g/mol. The predicted molar refractivity (Wildman–Crippen MR) is 59.3 cm³/mol. The second kappa shape index (κ2) is 7.80. The molecule has 0 aromatic carbocycles. The molecular weight excluding hydrogens is 227 g/mol. The van der Waals surface area contributed by atoms with Gasteiger partial charge in [0.2, 0.25) is 0 Å². The van der Waals surface area contributed by atoms with Crippen LogP contribution in [0.3, 0.4) is 0 Å². The normalized spacial score (nSPS) is 15.3. The second-order valence-corrected chi connectivity index (χ2v) is 6.30. The molecule has 0 heterocycles. The van der Waals surface area contributed by atoms with Gasteiger partial charge in [-0.3, -0.25) is 0 Å². The van der Waals surface area contributed by atoms with Gasteiger partial charge in [0.05, 0.1) is 0 Å². The minimum Gasteiger partial charge on any atom is -0.107 e. The summed E-state index contributed by atoms with van der Waals surface area (Å²) >= 11 is 0. The van der Waals surface area contributed by atoms with Gasteiger partial charge in [-0.2, -0.15) is 0 Å². The SMILES string of the molecule is CCP(CC)CCC1C=CC=C1.[Cu+]. The fourth-order valence-corrected chi connectivity index (χ4v) is 3.28. The van der Waals surface area contributed by atoms with E-state index in [-0.39, 0.29) is 17.1 Å². The Hall–Kier alpha value is 0.429. The fraction of sp³-hybridized carbons (Fsp3) is 0.636. The van der Waals surface area contributed by atoms with Gasteiger partial charge in [0.25, 0.3) is 0 Å². The van der Waals surface area contributed by atoms with Crippen LogP contribution in [0.5, 0.6) is 0 Å². The second-order valence-electron chi connectivity index (χ2n) is 3.25. The van der Waals surface area contributed by atoms with Gasteiger partial charge in [-0.05, 0) is 30.8 Å². The minimum atomic E-state index is 0. The fourth-order valence-electron chi connectivity index (χ4n) is 1.54. The summed E-state index contributed by atoms with van der Waals surface area (Å²) in [7, 11) is 0.360. The molecule has 13 heavy (non-hydrogen) atoms. The maximum atomic E-state index is 2.33. The number of rotatable bonds is 5. The van der Waals surface area contributed by atoms with E-state index in [9.17, 15) is 0 Å². The quantitative estimate of drug-likeness (QED) is 0.513. The maximum absolute atomic E-state index is 2.33. The average Bonchev–Trinajstić information content (AvgIpc) is 2.59. The van der Waals surface area contributed by atoms with Crippen LogP contribution in [0, 0.1) is 5.92 Å². The van der Waals surface area contributed by atoms with Gasteiger partial charge in [-0.25, -0.2) is 0 Å². The van der Waals surface area contributed by atoms with E-state index >= 15 is 0 Å². The Kier molecular flexibility index (Phi) is 8.06. The zero-order valence-corrected chi connectivity index (χ0v) is 10.3. The standard InChI is InChI=1S/C11H19P.Cu/c1-3-12(4-2)10-9-11-7-5-6-8-11;/h5-8,11H,3-4,9-10H2,1-2H3;/q;+1. The zero-order chi connectivity index (χ0) is 8.81. The predicted octanol–water partition coefficient (Wildman–Crippen LogP) is 3.64. The van der Waals surface area contributed by atoms with Crippen LogP contribution in [0.15, 0.2) is 24.3 Å². The summed E-state index contributed by atoms with van der Waals surface area (Å²) < 4.78 is 0. The van der Waals surface area contributed by atoms with Crippen molar-refractivity contribution in [1.29, 1.82) is 0 Å². The summed E-state index contributed by atoms with van der Waals surface area (Å²) in [6.45, 7) is 4.66. The smallest absolute Gasteiger partial charge is 0.107 e. The van der Waals surface area contributed by atoms with Crippen LogP contribution in [-0.4, -0.2) is 18.5 Å². The van der Waals surface area contributed by atoms with Gasteiger partial charge in [0.15, 0.2) is 0 Å². The van der Waals surface area contributed by atoms with Crippen molar-refractivity contribution in [3.63, 3.8) is 0 Å². The van der Waals surface area contributed by atoms with Gasteiger partial charge < -0.3 is 0 Å². The van der Waals surface area contributed by atoms with E-state index in [1.54, 1.807) is 0 Å². The number of allylic oxidation sites excluding steroid dienone is 4. The van der Waals surface area contributed by atoms with Crippen LogP contribution in [0.4, 0.5) is 0 Å². The molecule has 0 aromatic rings. The first kappa shape index (κ1) is 13.4. The Morgan fingerprint density at radius 3 is 2.08 bits per heavy atom. The summed E-state index contributed by atoms with van der Waals surface area (Å²) in [6.07, 6.45) is 14.6. The Balaban J connectivity index is 0.00000144. The molecule has 1 aliphatic rings. The molecule has 78 valence electrons. The molecule has 0 unspecified atom stereocenters. The third-order valence-corrected chi connectivity index (χ3v) is 5.18. The third-order valence-electron chi connectivity index (χ3n) is 2.50. The summed E-state index contributed by atoms with van der Waals surface area (Å²) in [4.78, 5) is 0. The molecule has 2 heteroatoms. The van der Waals surface area contributed by atoms with Crippen molar-refractivity contribution >= 4 is 7.92 Å². The van der Waals surface area contributed by atoms with E-state index in [1.807, 2.05) is 0 Å². The van der Waals surface area contributed by atoms with Crippen molar-refractivity contribution in [2.75, 3.05) is 18.5 Å². The van der Waals surface area contributed by atoms with Gasteiger partial charge in [0, 0.05) is 0 Å². The minimum absolute atomic E-state index is 0. The monoisotopic (exact) mass is 245 g/mol. The van der Waals surface area contributed by atoms with Crippen LogP contribution < -0.4 is 0 Å². The summed E-state index contributed by atoms with van der Waals surface area (Å²) in [5, 5.41) is 0. The first-order valence-corrected chi connectivity index (χ1v) is 6.84. The molecule has 0 spiro atoms. The van der Waals surface area contributed by atoms with E-state index in [0.717, 1.165) is 5.92 Å². The van der Waals surface area contributed by atoms with Crippen molar-refractivity contribution in [3.05, 3.63) is 24.3 Å². The van der Waals surface area contributed by atoms with Gasteiger partial charge in [-0.15, -0.1) is 7.92 Å². The van der Waals surface area contributed by atoms with Gasteiger partial charge in [-0.1, -0.05) is 38.2 Å². The topological polar surface area (TPSA) is 0 Å². The molecule has 0 atom stereocenters. The van der Waals surface area contributed by atoms with E-state index < -0.39 is 0 Å². The summed E-state index contributed by atoms with van der Waals surface area (Å²) in [5.74, 6) is 0.757. The van der Waals surface area contributed by atoms with E-state index in [4.69, 9.17) is 0 Å². The molecule has 1 rings (SSSR count). The Morgan fingerprint density at radius 2 is 1.62 bits per heavy atom. The Labute approximate surface area is 94.1 Å². The van der Waals surface area contributed by atoms with E-state index in [1.165, 1.54) is 24.9 Å². The molecule has 0 saturated heterocycles. The Bertz CT molecular complexity index is 159. The molecule has 1 aliphatic carbocycles.